The summed E-state index contributed by atoms with van der Waals surface area (Å²) in [5, 5.41) is 11.3. The summed E-state index contributed by atoms with van der Waals surface area (Å²) in [6.07, 6.45) is 3.47. The largest absolute Gasteiger partial charge is 0.329 e. The third-order valence-electron chi connectivity index (χ3n) is 2.51. The van der Waals surface area contributed by atoms with Gasteiger partial charge >= 0.3 is 0 Å². The van der Waals surface area contributed by atoms with Crippen molar-refractivity contribution in [2.75, 3.05) is 5.75 Å². The number of nitro benzene ring substituents is 1. The van der Waals surface area contributed by atoms with Gasteiger partial charge in [-0.3, -0.25) is 14.9 Å². The van der Waals surface area contributed by atoms with Gasteiger partial charge in [-0.25, -0.2) is 4.98 Å². The molecule has 8 heteroatoms. The first-order chi connectivity index (χ1) is 9.08. The fourth-order valence-corrected chi connectivity index (χ4v) is 2.30. The fourth-order valence-electron chi connectivity index (χ4n) is 1.47. The Morgan fingerprint density at radius 1 is 1.40 bits per heavy atom. The highest BCUT2D eigenvalue weighted by Gasteiger charge is 2.11. The number of carbonyl (C=O) groups excluding carboxylic acids is 1. The van der Waals surface area contributed by atoms with E-state index in [1.807, 2.05) is 11.6 Å². The van der Waals surface area contributed by atoms with Gasteiger partial charge in [0.2, 0.25) is 0 Å². The summed E-state index contributed by atoms with van der Waals surface area (Å²) in [5.74, 6) is 0.172. The Morgan fingerprint density at radius 2 is 2.05 bits per heavy atom. The predicted octanol–water partition coefficient (Wildman–Crippen LogP) is 2.88. The van der Waals surface area contributed by atoms with Gasteiger partial charge in [0.05, 0.1) is 10.7 Å². The quantitative estimate of drug-likeness (QED) is 0.355. The number of rotatable bonds is 5. The number of hydrogen-bond donors (Lipinski definition) is 0. The molecule has 20 heavy (non-hydrogen) atoms. The number of Topliss-reactive ketones (excluding diaryl/α,β-unsaturated/α-hetero) is 1. The number of ketones is 1. The molecule has 0 aliphatic heterocycles. The minimum Gasteiger partial charge on any atom is -0.329 e. The number of thioether (sulfide) groups is 1. The molecule has 0 unspecified atom stereocenters. The van der Waals surface area contributed by atoms with Crippen molar-refractivity contribution in [3.63, 3.8) is 0 Å². The number of non-ortho nitro benzene ring substituents is 1. The molecule has 0 radical (unpaired) electrons. The summed E-state index contributed by atoms with van der Waals surface area (Å²) in [5.41, 5.74) is 0.445. The van der Waals surface area contributed by atoms with Crippen LogP contribution in [0, 0.1) is 10.1 Å². The first-order valence-corrected chi connectivity index (χ1v) is 6.44. The first kappa shape index (κ1) is 16.4. The van der Waals surface area contributed by atoms with Gasteiger partial charge < -0.3 is 4.57 Å². The first-order valence-electron chi connectivity index (χ1n) is 5.45. The smallest absolute Gasteiger partial charge is 0.269 e. The standard InChI is InChI=1S/C12H11N3O3S.BrH/c1-14-7-6-13-12(14)19-8-11(16)9-2-4-10(5-3-9)15(17)18;/h2-7H,8H2,1H3;1H. The summed E-state index contributed by atoms with van der Waals surface area (Å²) in [7, 11) is 1.85. The lowest BCUT2D eigenvalue weighted by Crippen LogP contribution is -2.03. The lowest BCUT2D eigenvalue weighted by atomic mass is 10.1. The number of hydrogen-bond acceptors (Lipinski definition) is 5. The van der Waals surface area contributed by atoms with Crippen molar-refractivity contribution in [3.8, 4) is 0 Å². The summed E-state index contributed by atoms with van der Waals surface area (Å²) < 4.78 is 1.83. The molecule has 0 amide bonds. The highest BCUT2D eigenvalue weighted by molar-refractivity contribution is 8.93. The van der Waals surface area contributed by atoms with E-state index in [2.05, 4.69) is 4.98 Å². The van der Waals surface area contributed by atoms with E-state index in [1.54, 1.807) is 12.4 Å². The van der Waals surface area contributed by atoms with Gasteiger partial charge in [-0.05, 0) is 12.1 Å². The minimum absolute atomic E-state index is 0. The van der Waals surface area contributed by atoms with Crippen LogP contribution in [-0.2, 0) is 7.05 Å². The van der Waals surface area contributed by atoms with Crippen molar-refractivity contribution in [2.24, 2.45) is 7.05 Å². The third kappa shape index (κ3) is 3.91. The van der Waals surface area contributed by atoms with Gasteiger partial charge in [-0.1, -0.05) is 11.8 Å². The minimum atomic E-state index is -0.489. The summed E-state index contributed by atoms with van der Waals surface area (Å²) in [6.45, 7) is 0. The fraction of sp³-hybridized carbons (Fsp3) is 0.167. The molecule has 1 aromatic carbocycles. The van der Waals surface area contributed by atoms with Crippen LogP contribution in [0.1, 0.15) is 10.4 Å². The summed E-state index contributed by atoms with van der Waals surface area (Å²) in [4.78, 5) is 26.0. The Bertz CT molecular complexity index is 613. The van der Waals surface area contributed by atoms with Gasteiger partial charge in [0, 0.05) is 37.1 Å². The van der Waals surface area contributed by atoms with Crippen LogP contribution in [0.15, 0.2) is 41.8 Å². The lowest BCUT2D eigenvalue weighted by molar-refractivity contribution is -0.384. The maximum absolute atomic E-state index is 11.9. The SMILES string of the molecule is Br.Cn1ccnc1SCC(=O)c1ccc([N+](=O)[O-])cc1. The number of carbonyl (C=O) groups is 1. The second-order valence-corrected chi connectivity index (χ2v) is 4.78. The van der Waals surface area contributed by atoms with Crippen molar-refractivity contribution < 1.29 is 9.72 Å². The molecule has 6 nitrogen and oxygen atoms in total. The van der Waals surface area contributed by atoms with Crippen molar-refractivity contribution >= 4 is 40.2 Å². The molecule has 106 valence electrons. The van der Waals surface area contributed by atoms with Crippen LogP contribution in [0.3, 0.4) is 0 Å². The molecule has 0 bridgehead atoms. The maximum Gasteiger partial charge on any atom is 0.269 e. The molecule has 0 saturated carbocycles. The highest BCUT2D eigenvalue weighted by atomic mass is 79.9. The molecule has 0 N–H and O–H groups in total. The summed E-state index contributed by atoms with van der Waals surface area (Å²) >= 11 is 1.34. The second-order valence-electron chi connectivity index (χ2n) is 3.84. The number of imidazole rings is 1. The Hall–Kier alpha value is -1.67. The topological polar surface area (TPSA) is 78.0 Å². The summed E-state index contributed by atoms with van der Waals surface area (Å²) in [6, 6.07) is 5.61. The maximum atomic E-state index is 11.9. The van der Waals surface area contributed by atoms with Gasteiger partial charge in [-0.2, -0.15) is 0 Å². The molecule has 1 aromatic heterocycles. The van der Waals surface area contributed by atoms with Crippen molar-refractivity contribution in [1.29, 1.82) is 0 Å². The number of nitro groups is 1. The average Bonchev–Trinajstić information content (AvgIpc) is 2.81. The molecular weight excluding hydrogens is 346 g/mol. The highest BCUT2D eigenvalue weighted by Crippen LogP contribution is 2.18. The van der Waals surface area contributed by atoms with Crippen LogP contribution < -0.4 is 0 Å². The molecule has 0 atom stereocenters. The number of aryl methyl sites for hydroxylation is 1. The van der Waals surface area contributed by atoms with Gasteiger partial charge in [0.15, 0.2) is 10.9 Å². The van der Waals surface area contributed by atoms with Crippen LogP contribution in [0.5, 0.6) is 0 Å². The van der Waals surface area contributed by atoms with Crippen LogP contribution in [0.4, 0.5) is 5.69 Å². The molecule has 0 saturated heterocycles. The molecule has 0 fully saturated rings. The third-order valence-corrected chi connectivity index (χ3v) is 3.57. The van der Waals surface area contributed by atoms with Crippen LogP contribution in [0.25, 0.3) is 0 Å². The van der Waals surface area contributed by atoms with E-state index in [1.165, 1.54) is 36.0 Å². The molecule has 0 aliphatic rings. The van der Waals surface area contributed by atoms with Gasteiger partial charge in [0.25, 0.3) is 5.69 Å². The predicted molar refractivity (Wildman–Crippen MR) is 81.7 cm³/mol. The monoisotopic (exact) mass is 357 g/mol. The van der Waals surface area contributed by atoms with E-state index >= 15 is 0 Å². The van der Waals surface area contributed by atoms with Crippen LogP contribution >= 0.6 is 28.7 Å². The second kappa shape index (κ2) is 7.20. The Kier molecular flexibility index (Phi) is 5.90. The zero-order valence-electron chi connectivity index (χ0n) is 10.6. The number of halogens is 1. The molecule has 2 rings (SSSR count). The van der Waals surface area contributed by atoms with Crippen molar-refractivity contribution in [3.05, 3.63) is 52.3 Å². The van der Waals surface area contributed by atoms with Crippen molar-refractivity contribution in [2.45, 2.75) is 5.16 Å². The molecular formula is C12H12BrN3O3S. The molecule has 2 aromatic rings. The Balaban J connectivity index is 0.00000200. The molecule has 0 aliphatic carbocycles. The zero-order valence-corrected chi connectivity index (χ0v) is 13.1. The Morgan fingerprint density at radius 3 is 2.55 bits per heavy atom. The van der Waals surface area contributed by atoms with E-state index in [9.17, 15) is 14.9 Å². The molecule has 1 heterocycles. The lowest BCUT2D eigenvalue weighted by Gasteiger charge is -2.01. The van der Waals surface area contributed by atoms with E-state index in [0.717, 1.165) is 5.16 Å². The number of aromatic nitrogens is 2. The number of nitrogens with zero attached hydrogens (tertiary/aromatic N) is 3. The zero-order chi connectivity index (χ0) is 13.8. The average molecular weight is 358 g/mol. The Labute approximate surface area is 130 Å². The van der Waals surface area contributed by atoms with E-state index in [-0.39, 0.29) is 34.2 Å². The van der Waals surface area contributed by atoms with Crippen molar-refractivity contribution in [1.82, 2.24) is 9.55 Å². The number of benzene rings is 1. The van der Waals surface area contributed by atoms with Gasteiger partial charge in [0.1, 0.15) is 0 Å². The van der Waals surface area contributed by atoms with E-state index in [4.69, 9.17) is 0 Å². The van der Waals surface area contributed by atoms with E-state index < -0.39 is 4.92 Å². The molecule has 0 spiro atoms. The van der Waals surface area contributed by atoms with Crippen LogP contribution in [0.2, 0.25) is 0 Å². The van der Waals surface area contributed by atoms with Crippen LogP contribution in [-0.4, -0.2) is 26.0 Å². The van der Waals surface area contributed by atoms with E-state index in [0.29, 0.717) is 5.56 Å². The van der Waals surface area contributed by atoms with Gasteiger partial charge in [-0.15, -0.1) is 17.0 Å². The normalized spacial score (nSPS) is 9.85.